The first kappa shape index (κ1) is 14.7. The Balaban J connectivity index is 2.18. The highest BCUT2D eigenvalue weighted by Gasteiger charge is 2.19. The Hall–Kier alpha value is -0.740. The number of anilines is 1. The summed E-state index contributed by atoms with van der Waals surface area (Å²) in [6, 6.07) is 2.74. The molecule has 19 heavy (non-hydrogen) atoms. The first-order valence-electron chi connectivity index (χ1n) is 7.11. The molecule has 1 aromatic heterocycles. The van der Waals surface area contributed by atoms with Gasteiger partial charge in [0.25, 0.3) is 0 Å². The van der Waals surface area contributed by atoms with E-state index in [1.54, 1.807) is 0 Å². The van der Waals surface area contributed by atoms with Gasteiger partial charge in [-0.1, -0.05) is 20.8 Å². The molecule has 0 amide bonds. The third-order valence-electron chi connectivity index (χ3n) is 3.38. The number of aromatic nitrogens is 1. The molecule has 1 aliphatic rings. The second-order valence-corrected chi connectivity index (χ2v) is 7.16. The van der Waals surface area contributed by atoms with Crippen molar-refractivity contribution in [2.24, 2.45) is 0 Å². The highest BCUT2D eigenvalue weighted by molar-refractivity contribution is 8.00. The zero-order valence-corrected chi connectivity index (χ0v) is 13.3. The van der Waals surface area contributed by atoms with Gasteiger partial charge in [-0.15, -0.1) is 0 Å². The highest BCUT2D eigenvalue weighted by Crippen LogP contribution is 2.27. The van der Waals surface area contributed by atoms with E-state index < -0.39 is 0 Å². The minimum Gasteiger partial charge on any atom is -0.369 e. The van der Waals surface area contributed by atoms with Gasteiger partial charge in [-0.05, 0) is 13.0 Å². The zero-order valence-electron chi connectivity index (χ0n) is 12.4. The lowest BCUT2D eigenvalue weighted by atomic mass is 10.1. The van der Waals surface area contributed by atoms with E-state index in [0.29, 0.717) is 11.3 Å². The number of thioether (sulfide) groups is 1. The number of nitrogens with one attached hydrogen (secondary N) is 1. The Kier molecular flexibility index (Phi) is 5.11. The quantitative estimate of drug-likeness (QED) is 0.917. The van der Waals surface area contributed by atoms with Gasteiger partial charge >= 0.3 is 0 Å². The lowest BCUT2D eigenvalue weighted by molar-refractivity contribution is 0.586. The number of pyridine rings is 1. The average molecular weight is 279 g/mol. The summed E-state index contributed by atoms with van der Waals surface area (Å²) in [6.07, 6.45) is 2.03. The Bertz CT molecular complexity index is 420. The molecule has 1 saturated heterocycles. The summed E-state index contributed by atoms with van der Waals surface area (Å²) >= 11 is 2.07. The van der Waals surface area contributed by atoms with Crippen molar-refractivity contribution in [3.8, 4) is 0 Å². The van der Waals surface area contributed by atoms with E-state index in [4.69, 9.17) is 0 Å². The Morgan fingerprint density at radius 3 is 3.00 bits per heavy atom. The van der Waals surface area contributed by atoms with Gasteiger partial charge in [0.2, 0.25) is 0 Å². The predicted molar refractivity (Wildman–Crippen MR) is 85.1 cm³/mol. The third-order valence-corrected chi connectivity index (χ3v) is 4.52. The van der Waals surface area contributed by atoms with Gasteiger partial charge in [-0.2, -0.15) is 11.8 Å². The predicted octanol–water partition coefficient (Wildman–Crippen LogP) is 2.83. The van der Waals surface area contributed by atoms with Crippen molar-refractivity contribution in [3.63, 3.8) is 0 Å². The molecule has 1 fully saturated rings. The van der Waals surface area contributed by atoms with Gasteiger partial charge < -0.3 is 10.2 Å². The second kappa shape index (κ2) is 6.62. The van der Waals surface area contributed by atoms with E-state index >= 15 is 0 Å². The zero-order chi connectivity index (χ0) is 13.8. The summed E-state index contributed by atoms with van der Waals surface area (Å²) in [5.41, 5.74) is 3.79. The van der Waals surface area contributed by atoms with Gasteiger partial charge in [-0.25, -0.2) is 0 Å². The minimum absolute atomic E-state index is 0.505. The van der Waals surface area contributed by atoms with E-state index in [0.717, 1.165) is 25.3 Å². The summed E-state index contributed by atoms with van der Waals surface area (Å²) in [6.45, 7) is 11.9. The van der Waals surface area contributed by atoms with E-state index in [1.165, 1.54) is 17.0 Å². The van der Waals surface area contributed by atoms with Gasteiger partial charge in [0.05, 0.1) is 0 Å². The molecule has 0 spiro atoms. The summed E-state index contributed by atoms with van der Waals surface area (Å²) in [7, 11) is 0. The third kappa shape index (κ3) is 4.11. The number of hydrogen-bond acceptors (Lipinski definition) is 4. The highest BCUT2D eigenvalue weighted by atomic mass is 32.2. The second-order valence-electron chi connectivity index (χ2n) is 5.62. The lowest BCUT2D eigenvalue weighted by Gasteiger charge is -2.34. The van der Waals surface area contributed by atoms with Crippen LogP contribution in [0.2, 0.25) is 0 Å². The van der Waals surface area contributed by atoms with E-state index in [2.05, 4.69) is 60.7 Å². The van der Waals surface area contributed by atoms with Crippen LogP contribution in [-0.2, 0) is 6.54 Å². The molecule has 1 unspecified atom stereocenters. The maximum Gasteiger partial charge on any atom is 0.0446 e. The van der Waals surface area contributed by atoms with Crippen molar-refractivity contribution >= 4 is 17.4 Å². The molecule has 0 radical (unpaired) electrons. The molecule has 4 heteroatoms. The first-order chi connectivity index (χ1) is 9.06. The number of rotatable bonds is 4. The van der Waals surface area contributed by atoms with Crippen molar-refractivity contribution in [2.45, 2.75) is 45.5 Å². The van der Waals surface area contributed by atoms with E-state index in [-0.39, 0.29) is 0 Å². The maximum atomic E-state index is 4.46. The Morgan fingerprint density at radius 1 is 1.53 bits per heavy atom. The largest absolute Gasteiger partial charge is 0.369 e. The Morgan fingerprint density at radius 2 is 2.32 bits per heavy atom. The molecular formula is C15H25N3S. The lowest BCUT2D eigenvalue weighted by Crippen LogP contribution is -2.37. The van der Waals surface area contributed by atoms with Crippen molar-refractivity contribution in [1.29, 1.82) is 0 Å². The van der Waals surface area contributed by atoms with Crippen molar-refractivity contribution in [2.75, 3.05) is 23.7 Å². The minimum atomic E-state index is 0.505. The fourth-order valence-corrected chi connectivity index (χ4v) is 3.37. The smallest absolute Gasteiger partial charge is 0.0446 e. The van der Waals surface area contributed by atoms with E-state index in [9.17, 15) is 0 Å². The van der Waals surface area contributed by atoms with Crippen molar-refractivity contribution < 1.29 is 0 Å². The van der Waals surface area contributed by atoms with Crippen LogP contribution in [0.5, 0.6) is 0 Å². The standard InChI is InChI=1S/C15H25N3S/c1-11(2)16-8-14-9-17-12(3)7-15(14)18-5-6-19-13(4)10-18/h7,9,11,13,16H,5-6,8,10H2,1-4H3. The Labute approximate surface area is 121 Å². The summed E-state index contributed by atoms with van der Waals surface area (Å²) in [4.78, 5) is 6.98. The number of aryl methyl sites for hydroxylation is 1. The fraction of sp³-hybridized carbons (Fsp3) is 0.667. The van der Waals surface area contributed by atoms with Crippen LogP contribution in [0.25, 0.3) is 0 Å². The molecule has 1 aromatic rings. The topological polar surface area (TPSA) is 28.2 Å². The van der Waals surface area contributed by atoms with Crippen LogP contribution < -0.4 is 10.2 Å². The normalized spacial score (nSPS) is 20.1. The molecule has 1 aliphatic heterocycles. The van der Waals surface area contributed by atoms with Crippen molar-refractivity contribution in [1.82, 2.24) is 10.3 Å². The maximum absolute atomic E-state index is 4.46. The molecule has 106 valence electrons. The molecule has 0 bridgehead atoms. The summed E-state index contributed by atoms with van der Waals surface area (Å²) in [5, 5.41) is 4.22. The molecule has 2 heterocycles. The molecule has 2 rings (SSSR count). The van der Waals surface area contributed by atoms with Gasteiger partial charge in [0, 0.05) is 59.8 Å². The van der Waals surface area contributed by atoms with E-state index in [1.807, 2.05) is 6.20 Å². The van der Waals surface area contributed by atoms with Gasteiger partial charge in [0.1, 0.15) is 0 Å². The molecule has 0 aromatic carbocycles. The van der Waals surface area contributed by atoms with Crippen LogP contribution in [0.3, 0.4) is 0 Å². The van der Waals surface area contributed by atoms with Gasteiger partial charge in [-0.3, -0.25) is 4.98 Å². The van der Waals surface area contributed by atoms with Crippen LogP contribution in [0.4, 0.5) is 5.69 Å². The molecule has 0 aliphatic carbocycles. The van der Waals surface area contributed by atoms with Crippen LogP contribution in [0.1, 0.15) is 32.0 Å². The molecule has 0 saturated carbocycles. The van der Waals surface area contributed by atoms with Crippen LogP contribution >= 0.6 is 11.8 Å². The van der Waals surface area contributed by atoms with Crippen LogP contribution in [0, 0.1) is 6.92 Å². The number of hydrogen-bond donors (Lipinski definition) is 1. The molecular weight excluding hydrogens is 254 g/mol. The fourth-order valence-electron chi connectivity index (χ4n) is 2.36. The molecule has 3 nitrogen and oxygen atoms in total. The number of nitrogens with zero attached hydrogens (tertiary/aromatic N) is 2. The monoisotopic (exact) mass is 279 g/mol. The molecule has 1 N–H and O–H groups in total. The van der Waals surface area contributed by atoms with Crippen LogP contribution in [0.15, 0.2) is 12.3 Å². The molecule has 1 atom stereocenters. The van der Waals surface area contributed by atoms with Gasteiger partial charge in [0.15, 0.2) is 0 Å². The summed E-state index contributed by atoms with van der Waals surface area (Å²) in [5.74, 6) is 1.22. The summed E-state index contributed by atoms with van der Waals surface area (Å²) < 4.78 is 0. The first-order valence-corrected chi connectivity index (χ1v) is 8.16. The SMILES string of the molecule is Cc1cc(N2CCSC(C)C2)c(CNC(C)C)cn1. The average Bonchev–Trinajstić information content (AvgIpc) is 2.37. The van der Waals surface area contributed by atoms with Crippen LogP contribution in [-0.4, -0.2) is 35.1 Å². The van der Waals surface area contributed by atoms with Crippen molar-refractivity contribution in [3.05, 3.63) is 23.5 Å².